The molecule has 5 nitrogen and oxygen atoms in total. The summed E-state index contributed by atoms with van der Waals surface area (Å²) in [6.07, 6.45) is -0.699. The first-order valence-corrected chi connectivity index (χ1v) is 11.1. The molecule has 2 aromatic rings. The van der Waals surface area contributed by atoms with Crippen LogP contribution in [-0.2, 0) is 26.0 Å². The second kappa shape index (κ2) is 8.59. The maximum absolute atomic E-state index is 13.0. The van der Waals surface area contributed by atoms with Crippen LogP contribution in [0.4, 0.5) is 0 Å². The van der Waals surface area contributed by atoms with Crippen molar-refractivity contribution in [3.8, 4) is 0 Å². The molecule has 3 atom stereocenters. The highest BCUT2D eigenvalue weighted by Crippen LogP contribution is 2.38. The molecule has 1 saturated carbocycles. The number of carbonyl (C=O) groups is 1. The standard InChI is InChI=1S/C19H17Cl3O5S/c20-14-6-5-11(7-16(14)22)10-27-17-9-12(8-13(17)19(23)24)28(25,26)18-4-2-1-3-15(18)21/h1-7,12-13,17H,8-10H2,(H,23,24)/t12-,13-,17-/m1/s1. The van der Waals surface area contributed by atoms with Crippen LogP contribution < -0.4 is 0 Å². The van der Waals surface area contributed by atoms with Gasteiger partial charge in [-0.05, 0) is 42.7 Å². The highest BCUT2D eigenvalue weighted by atomic mass is 35.5. The van der Waals surface area contributed by atoms with Gasteiger partial charge in [0.05, 0.1) is 43.8 Å². The van der Waals surface area contributed by atoms with Gasteiger partial charge in [-0.1, -0.05) is 53.0 Å². The second-order valence-corrected chi connectivity index (χ2v) is 10.0. The normalized spacial score (nSPS) is 22.3. The van der Waals surface area contributed by atoms with Crippen molar-refractivity contribution in [2.45, 2.75) is 35.7 Å². The van der Waals surface area contributed by atoms with Gasteiger partial charge in [0.15, 0.2) is 9.84 Å². The predicted molar refractivity (Wildman–Crippen MR) is 108 cm³/mol. The van der Waals surface area contributed by atoms with E-state index in [1.165, 1.54) is 12.1 Å². The van der Waals surface area contributed by atoms with E-state index in [0.717, 1.165) is 5.56 Å². The molecule has 9 heteroatoms. The topological polar surface area (TPSA) is 80.7 Å². The Hall–Kier alpha value is -1.31. The van der Waals surface area contributed by atoms with Crippen molar-refractivity contribution in [2.75, 3.05) is 0 Å². The average Bonchev–Trinajstić information content (AvgIpc) is 3.08. The van der Waals surface area contributed by atoms with Crippen LogP contribution in [-0.4, -0.2) is 30.8 Å². The van der Waals surface area contributed by atoms with Crippen molar-refractivity contribution < 1.29 is 23.1 Å². The summed E-state index contributed by atoms with van der Waals surface area (Å²) >= 11 is 17.9. The number of benzene rings is 2. The molecule has 0 bridgehead atoms. The van der Waals surface area contributed by atoms with Crippen LogP contribution >= 0.6 is 34.8 Å². The van der Waals surface area contributed by atoms with Gasteiger partial charge in [0.25, 0.3) is 0 Å². The number of carboxylic acids is 1. The monoisotopic (exact) mass is 462 g/mol. The number of halogens is 3. The van der Waals surface area contributed by atoms with Gasteiger partial charge in [-0.25, -0.2) is 8.42 Å². The third-order valence-corrected chi connectivity index (χ3v) is 8.22. The van der Waals surface area contributed by atoms with Crippen LogP contribution in [0.1, 0.15) is 18.4 Å². The average molecular weight is 464 g/mol. The molecule has 1 aliphatic rings. The van der Waals surface area contributed by atoms with Crippen LogP contribution in [0.3, 0.4) is 0 Å². The van der Waals surface area contributed by atoms with Crippen LogP contribution in [0.25, 0.3) is 0 Å². The van der Waals surface area contributed by atoms with Gasteiger partial charge in [0.2, 0.25) is 0 Å². The third-order valence-electron chi connectivity index (χ3n) is 4.81. The van der Waals surface area contributed by atoms with Crippen molar-refractivity contribution in [1.82, 2.24) is 0 Å². The molecule has 0 saturated heterocycles. The quantitative estimate of drug-likeness (QED) is 0.661. The number of rotatable bonds is 6. The molecule has 1 aliphatic carbocycles. The molecule has 1 fully saturated rings. The number of sulfone groups is 1. The first kappa shape index (κ1) is 21.4. The number of aliphatic carboxylic acids is 1. The molecule has 150 valence electrons. The molecule has 2 aromatic carbocycles. The molecule has 0 spiro atoms. The van der Waals surface area contributed by atoms with Crippen molar-refractivity contribution in [1.29, 1.82) is 0 Å². The highest BCUT2D eigenvalue weighted by Gasteiger charge is 2.45. The summed E-state index contributed by atoms with van der Waals surface area (Å²) < 4.78 is 31.7. The van der Waals surface area contributed by atoms with Gasteiger partial charge < -0.3 is 9.84 Å². The van der Waals surface area contributed by atoms with E-state index in [4.69, 9.17) is 39.5 Å². The molecule has 0 aromatic heterocycles. The first-order valence-electron chi connectivity index (χ1n) is 8.47. The number of hydrogen-bond acceptors (Lipinski definition) is 4. The Morgan fingerprint density at radius 1 is 1.04 bits per heavy atom. The maximum atomic E-state index is 13.0. The van der Waals surface area contributed by atoms with Crippen molar-refractivity contribution in [3.05, 3.63) is 63.1 Å². The molecule has 0 aliphatic heterocycles. The van der Waals surface area contributed by atoms with E-state index in [0.29, 0.717) is 10.0 Å². The van der Waals surface area contributed by atoms with E-state index in [2.05, 4.69) is 0 Å². The lowest BCUT2D eigenvalue weighted by Crippen LogP contribution is -2.25. The molecular formula is C19H17Cl3O5S. The SMILES string of the molecule is O=C(O)[C@@H]1C[C@@H](S(=O)(=O)c2ccccc2Cl)C[C@H]1OCc1ccc(Cl)c(Cl)c1. The largest absolute Gasteiger partial charge is 0.481 e. The number of carboxylic acid groups (broad SMARTS) is 1. The van der Waals surface area contributed by atoms with Crippen LogP contribution in [0, 0.1) is 5.92 Å². The highest BCUT2D eigenvalue weighted by molar-refractivity contribution is 7.92. The van der Waals surface area contributed by atoms with E-state index in [-0.39, 0.29) is 29.4 Å². The predicted octanol–water partition coefficient (Wildman–Crippen LogP) is 4.87. The van der Waals surface area contributed by atoms with Gasteiger partial charge in [-0.3, -0.25) is 4.79 Å². The number of hydrogen-bond donors (Lipinski definition) is 1. The van der Waals surface area contributed by atoms with Crippen molar-refractivity contribution in [2.24, 2.45) is 5.92 Å². The van der Waals surface area contributed by atoms with E-state index < -0.39 is 33.1 Å². The Labute approximate surface area is 178 Å². The Morgan fingerprint density at radius 3 is 2.39 bits per heavy atom. The fourth-order valence-corrected chi connectivity index (χ4v) is 5.99. The van der Waals surface area contributed by atoms with Crippen LogP contribution in [0.5, 0.6) is 0 Å². The fraction of sp³-hybridized carbons (Fsp3) is 0.316. The zero-order valence-corrected chi connectivity index (χ0v) is 17.6. The van der Waals surface area contributed by atoms with Gasteiger partial charge >= 0.3 is 5.97 Å². The lowest BCUT2D eigenvalue weighted by Gasteiger charge is -2.17. The molecule has 0 heterocycles. The van der Waals surface area contributed by atoms with Gasteiger partial charge in [0, 0.05) is 0 Å². The minimum absolute atomic E-state index is 0.0101. The molecule has 0 amide bonds. The lowest BCUT2D eigenvalue weighted by atomic mass is 10.1. The Morgan fingerprint density at radius 2 is 1.75 bits per heavy atom. The third kappa shape index (κ3) is 4.47. The first-order chi connectivity index (χ1) is 13.2. The van der Waals surface area contributed by atoms with E-state index in [1.807, 2.05) is 0 Å². The molecule has 3 rings (SSSR count). The molecular weight excluding hydrogens is 447 g/mol. The number of ether oxygens (including phenoxy) is 1. The molecule has 1 N–H and O–H groups in total. The van der Waals surface area contributed by atoms with Crippen LogP contribution in [0.2, 0.25) is 15.1 Å². The molecule has 28 heavy (non-hydrogen) atoms. The van der Waals surface area contributed by atoms with Crippen LogP contribution in [0.15, 0.2) is 47.4 Å². The Bertz CT molecular complexity index is 993. The Kier molecular flexibility index (Phi) is 6.57. The summed E-state index contributed by atoms with van der Waals surface area (Å²) in [5.74, 6) is -2.01. The zero-order valence-electron chi connectivity index (χ0n) is 14.5. The summed E-state index contributed by atoms with van der Waals surface area (Å²) in [5.41, 5.74) is 0.718. The fourth-order valence-electron chi connectivity index (χ4n) is 3.34. The van der Waals surface area contributed by atoms with E-state index >= 15 is 0 Å². The van der Waals surface area contributed by atoms with Gasteiger partial charge in [-0.2, -0.15) is 0 Å². The zero-order chi connectivity index (χ0) is 20.5. The minimum atomic E-state index is -3.78. The smallest absolute Gasteiger partial charge is 0.309 e. The van der Waals surface area contributed by atoms with Crippen molar-refractivity contribution >= 4 is 50.6 Å². The van der Waals surface area contributed by atoms with Gasteiger partial charge in [0.1, 0.15) is 0 Å². The summed E-state index contributed by atoms with van der Waals surface area (Å²) in [7, 11) is -3.78. The van der Waals surface area contributed by atoms with Gasteiger partial charge in [-0.15, -0.1) is 0 Å². The summed E-state index contributed by atoms with van der Waals surface area (Å²) in [5, 5.41) is 9.54. The summed E-state index contributed by atoms with van der Waals surface area (Å²) in [4.78, 5) is 11.7. The summed E-state index contributed by atoms with van der Waals surface area (Å²) in [6, 6.07) is 11.1. The maximum Gasteiger partial charge on any atom is 0.309 e. The minimum Gasteiger partial charge on any atom is -0.481 e. The Balaban J connectivity index is 1.78. The van der Waals surface area contributed by atoms with E-state index in [1.54, 1.807) is 30.3 Å². The lowest BCUT2D eigenvalue weighted by molar-refractivity contribution is -0.146. The van der Waals surface area contributed by atoms with E-state index in [9.17, 15) is 18.3 Å². The summed E-state index contributed by atoms with van der Waals surface area (Å²) in [6.45, 7) is 0.101. The molecule has 0 unspecified atom stereocenters. The van der Waals surface area contributed by atoms with Crippen molar-refractivity contribution in [3.63, 3.8) is 0 Å². The molecule has 0 radical (unpaired) electrons. The second-order valence-electron chi connectivity index (χ2n) is 6.61.